The molecular weight excluding hydrogens is 422 g/mol. The first-order chi connectivity index (χ1) is 14.7. The van der Waals surface area contributed by atoms with Crippen LogP contribution >= 0.6 is 0 Å². The minimum absolute atomic E-state index is 0.226. The molecule has 0 aromatic heterocycles. The van der Waals surface area contributed by atoms with Crippen molar-refractivity contribution in [3.8, 4) is 0 Å². The molecule has 0 fully saturated rings. The Morgan fingerprint density at radius 2 is 1.41 bits per heavy atom. The number of Topliss-reactive ketones (excluding diaryl/α,β-unsaturated/α-hetero) is 2. The second-order valence-electron chi connectivity index (χ2n) is 8.40. The predicted molar refractivity (Wildman–Crippen MR) is 114 cm³/mol. The smallest absolute Gasteiger partial charge is 0.303 e. The maximum absolute atomic E-state index is 12.9. The van der Waals surface area contributed by atoms with Crippen LogP contribution in [0.2, 0.25) is 0 Å². The van der Waals surface area contributed by atoms with Gasteiger partial charge in [-0.2, -0.15) is 0 Å². The summed E-state index contributed by atoms with van der Waals surface area (Å²) in [5.74, 6) is -6.42. The Morgan fingerprint density at radius 3 is 1.81 bits per heavy atom. The summed E-state index contributed by atoms with van der Waals surface area (Å²) in [6.45, 7) is 7.40. The van der Waals surface area contributed by atoms with E-state index in [-0.39, 0.29) is 31.0 Å². The van der Waals surface area contributed by atoms with Crippen LogP contribution in [-0.2, 0) is 28.8 Å². The number of aliphatic hydroxyl groups is 1. The summed E-state index contributed by atoms with van der Waals surface area (Å²) in [6.07, 6.45) is -2.37. The van der Waals surface area contributed by atoms with Gasteiger partial charge in [-0.1, -0.05) is 13.8 Å². The average molecular weight is 458 g/mol. The van der Waals surface area contributed by atoms with Gasteiger partial charge in [0.1, 0.15) is 11.8 Å². The summed E-state index contributed by atoms with van der Waals surface area (Å²) in [7, 11) is 0. The molecule has 6 N–H and O–H groups in total. The Hall–Kier alpha value is -2.82. The Bertz CT molecular complexity index is 720. The fourth-order valence-corrected chi connectivity index (χ4v) is 3.03. The molecule has 0 heterocycles. The third-order valence-corrected chi connectivity index (χ3v) is 5.13. The molecule has 0 spiro atoms. The van der Waals surface area contributed by atoms with E-state index in [2.05, 4.69) is 10.6 Å². The number of aliphatic carboxylic acids is 1. The van der Waals surface area contributed by atoms with Gasteiger partial charge in [-0.25, -0.2) is 0 Å². The fraction of sp³-hybridized carbons (Fsp3) is 0.714. The molecule has 11 heteroatoms. The lowest BCUT2D eigenvalue weighted by molar-refractivity contribution is -0.139. The average Bonchev–Trinajstić information content (AvgIpc) is 2.65. The number of aliphatic hydroxyl groups excluding tert-OH is 1. The van der Waals surface area contributed by atoms with Crippen molar-refractivity contribution in [1.29, 1.82) is 0 Å². The number of rotatable bonds is 15. The first-order valence-electron chi connectivity index (χ1n) is 10.5. The number of primary amides is 1. The van der Waals surface area contributed by atoms with Crippen LogP contribution in [0.5, 0.6) is 0 Å². The maximum Gasteiger partial charge on any atom is 0.303 e. The highest BCUT2D eigenvalue weighted by atomic mass is 16.4. The van der Waals surface area contributed by atoms with Crippen molar-refractivity contribution in [2.24, 2.45) is 23.5 Å². The number of amides is 3. The van der Waals surface area contributed by atoms with Gasteiger partial charge in [0.2, 0.25) is 17.7 Å². The van der Waals surface area contributed by atoms with Crippen LogP contribution in [0.25, 0.3) is 0 Å². The molecule has 0 aromatic carbocycles. The monoisotopic (exact) mass is 457 g/mol. The third kappa shape index (κ3) is 10.5. The highest BCUT2D eigenvalue weighted by Gasteiger charge is 2.33. The zero-order valence-corrected chi connectivity index (χ0v) is 19.2. The van der Waals surface area contributed by atoms with Crippen molar-refractivity contribution in [3.05, 3.63) is 0 Å². The number of carboxylic acid groups (broad SMARTS) is 1. The fourth-order valence-electron chi connectivity index (χ4n) is 3.03. The number of carboxylic acids is 1. The first-order valence-corrected chi connectivity index (χ1v) is 10.5. The van der Waals surface area contributed by atoms with Gasteiger partial charge < -0.3 is 31.4 Å². The molecule has 0 saturated carbocycles. The largest absolute Gasteiger partial charge is 0.481 e. The number of hydrogen-bond acceptors (Lipinski definition) is 7. The third-order valence-electron chi connectivity index (χ3n) is 5.13. The standard InChI is InChI=1S/C21H35N3O8/c1-10(2)14(20(31)23-12(4)19(22)30)9-17(27)16(6-7-18(28)29)24-21(32)15(13(5)26)8-11(3)25/h10,12-16,26H,6-9H2,1-5H3,(H2,22,30)(H,23,31)(H,24,32)(H,28,29). The molecule has 32 heavy (non-hydrogen) atoms. The Labute approximate surface area is 187 Å². The second kappa shape index (κ2) is 13.6. The molecule has 182 valence electrons. The van der Waals surface area contributed by atoms with E-state index in [1.54, 1.807) is 13.8 Å². The van der Waals surface area contributed by atoms with Crippen molar-refractivity contribution in [2.75, 3.05) is 0 Å². The van der Waals surface area contributed by atoms with Gasteiger partial charge >= 0.3 is 5.97 Å². The summed E-state index contributed by atoms with van der Waals surface area (Å²) in [5, 5.41) is 23.7. The lowest BCUT2D eigenvalue weighted by Gasteiger charge is -2.26. The van der Waals surface area contributed by atoms with Gasteiger partial charge in [0.15, 0.2) is 5.78 Å². The van der Waals surface area contributed by atoms with Crippen LogP contribution in [-0.4, -0.2) is 63.7 Å². The summed E-state index contributed by atoms with van der Waals surface area (Å²) >= 11 is 0. The Kier molecular flexibility index (Phi) is 12.4. The van der Waals surface area contributed by atoms with Crippen LogP contribution in [0.1, 0.15) is 60.3 Å². The van der Waals surface area contributed by atoms with E-state index in [0.717, 1.165) is 0 Å². The predicted octanol–water partition coefficient (Wildman–Crippen LogP) is -0.466. The molecule has 0 aliphatic heterocycles. The van der Waals surface area contributed by atoms with E-state index >= 15 is 0 Å². The van der Waals surface area contributed by atoms with Crippen molar-refractivity contribution in [1.82, 2.24) is 10.6 Å². The van der Waals surface area contributed by atoms with E-state index in [4.69, 9.17) is 10.8 Å². The van der Waals surface area contributed by atoms with Gasteiger partial charge in [0, 0.05) is 25.2 Å². The first kappa shape index (κ1) is 29.2. The second-order valence-corrected chi connectivity index (χ2v) is 8.40. The van der Waals surface area contributed by atoms with E-state index in [0.29, 0.717) is 0 Å². The quantitative estimate of drug-likeness (QED) is 0.218. The lowest BCUT2D eigenvalue weighted by Crippen LogP contribution is -2.49. The molecule has 0 aromatic rings. The molecule has 0 radical (unpaired) electrons. The summed E-state index contributed by atoms with van der Waals surface area (Å²) in [4.78, 5) is 71.7. The molecule has 3 amide bonds. The molecule has 0 aliphatic carbocycles. The van der Waals surface area contributed by atoms with Crippen LogP contribution in [0.4, 0.5) is 0 Å². The number of carbonyl (C=O) groups excluding carboxylic acids is 5. The highest BCUT2D eigenvalue weighted by molar-refractivity contribution is 5.95. The van der Waals surface area contributed by atoms with Gasteiger partial charge in [0.05, 0.1) is 18.1 Å². The molecule has 5 unspecified atom stereocenters. The number of nitrogens with two attached hydrogens (primary N) is 1. The number of nitrogens with one attached hydrogen (secondary N) is 2. The molecule has 0 bridgehead atoms. The highest BCUT2D eigenvalue weighted by Crippen LogP contribution is 2.19. The normalized spacial score (nSPS) is 15.7. The number of carbonyl (C=O) groups is 6. The molecule has 11 nitrogen and oxygen atoms in total. The van der Waals surface area contributed by atoms with Gasteiger partial charge in [0.25, 0.3) is 0 Å². The van der Waals surface area contributed by atoms with E-state index < -0.39 is 65.9 Å². The van der Waals surface area contributed by atoms with E-state index in [9.17, 15) is 33.9 Å². The number of ketones is 2. The van der Waals surface area contributed by atoms with E-state index in [1.807, 2.05) is 0 Å². The molecule has 5 atom stereocenters. The summed E-state index contributed by atoms with van der Waals surface area (Å²) < 4.78 is 0. The molecule has 0 rings (SSSR count). The maximum atomic E-state index is 12.9. The Morgan fingerprint density at radius 1 is 0.875 bits per heavy atom. The van der Waals surface area contributed by atoms with E-state index in [1.165, 1.54) is 20.8 Å². The molecule has 0 aliphatic rings. The topological polar surface area (TPSA) is 193 Å². The zero-order valence-electron chi connectivity index (χ0n) is 19.2. The van der Waals surface area contributed by atoms with Crippen LogP contribution < -0.4 is 16.4 Å². The number of hydrogen-bond donors (Lipinski definition) is 5. The zero-order chi connectivity index (χ0) is 25.2. The SMILES string of the molecule is CC(=O)CC(C(=O)NC(CCC(=O)O)C(=O)CC(C(=O)NC(C)C(N)=O)C(C)C)C(C)O. The lowest BCUT2D eigenvalue weighted by atomic mass is 9.86. The molecule has 0 saturated heterocycles. The van der Waals surface area contributed by atoms with Crippen molar-refractivity contribution < 1.29 is 39.0 Å². The van der Waals surface area contributed by atoms with Crippen LogP contribution in [0.3, 0.4) is 0 Å². The van der Waals surface area contributed by atoms with Crippen LogP contribution in [0, 0.1) is 17.8 Å². The van der Waals surface area contributed by atoms with Crippen molar-refractivity contribution in [2.45, 2.75) is 78.5 Å². The van der Waals surface area contributed by atoms with Crippen molar-refractivity contribution in [3.63, 3.8) is 0 Å². The van der Waals surface area contributed by atoms with Gasteiger partial charge in [-0.05, 0) is 33.1 Å². The minimum atomic E-state index is -1.23. The Balaban J connectivity index is 5.56. The summed E-state index contributed by atoms with van der Waals surface area (Å²) in [6, 6.07) is -2.17. The van der Waals surface area contributed by atoms with Crippen LogP contribution in [0.15, 0.2) is 0 Å². The summed E-state index contributed by atoms with van der Waals surface area (Å²) in [5.41, 5.74) is 5.15. The van der Waals surface area contributed by atoms with Crippen molar-refractivity contribution >= 4 is 35.3 Å². The minimum Gasteiger partial charge on any atom is -0.481 e. The van der Waals surface area contributed by atoms with Gasteiger partial charge in [-0.3, -0.25) is 24.0 Å². The molecular formula is C21H35N3O8. The van der Waals surface area contributed by atoms with Gasteiger partial charge in [-0.15, -0.1) is 0 Å².